The molecule has 2 amide bonds. The summed E-state index contributed by atoms with van der Waals surface area (Å²) in [5, 5.41) is 5.79. The Bertz CT molecular complexity index is 910. The van der Waals surface area contributed by atoms with Gasteiger partial charge in [0.1, 0.15) is 0 Å². The van der Waals surface area contributed by atoms with E-state index < -0.39 is 0 Å². The van der Waals surface area contributed by atoms with Crippen molar-refractivity contribution in [3.8, 4) is 11.5 Å². The second kappa shape index (κ2) is 10.3. The molecule has 1 saturated carbocycles. The molecule has 30 heavy (non-hydrogen) atoms. The number of anilines is 1. The number of aryl methyl sites for hydroxylation is 1. The molecule has 2 aromatic rings. The highest BCUT2D eigenvalue weighted by atomic mass is 35.5. The molecule has 0 bridgehead atoms. The molecule has 6 nitrogen and oxygen atoms in total. The standard InChI is InChI=1S/C23H27ClN2O4/c1-25-23(28)18-10-9-16(24)14-19(18)26-22(27)12-8-15-7-11-20(21(13-15)29-2)30-17-5-3-4-6-17/h7,9-11,13-14,17H,3-6,8,12H2,1-2H3,(H,25,28)(H,26,27). The van der Waals surface area contributed by atoms with Gasteiger partial charge < -0.3 is 20.1 Å². The summed E-state index contributed by atoms with van der Waals surface area (Å²) in [4.78, 5) is 24.5. The molecule has 2 N–H and O–H groups in total. The Hall–Kier alpha value is -2.73. The van der Waals surface area contributed by atoms with Crippen molar-refractivity contribution in [3.05, 3.63) is 52.5 Å². The van der Waals surface area contributed by atoms with Crippen LogP contribution >= 0.6 is 11.6 Å². The second-order valence-corrected chi connectivity index (χ2v) is 7.76. The Morgan fingerprint density at radius 1 is 1.10 bits per heavy atom. The van der Waals surface area contributed by atoms with Crippen LogP contribution in [0, 0.1) is 0 Å². The van der Waals surface area contributed by atoms with Crippen molar-refractivity contribution < 1.29 is 19.1 Å². The molecule has 0 aliphatic heterocycles. The van der Waals surface area contributed by atoms with Gasteiger partial charge in [0, 0.05) is 18.5 Å². The van der Waals surface area contributed by atoms with Crippen LogP contribution in [0.15, 0.2) is 36.4 Å². The third-order valence-corrected chi connectivity index (χ3v) is 5.43. The summed E-state index contributed by atoms with van der Waals surface area (Å²) in [6.45, 7) is 0. The van der Waals surface area contributed by atoms with Gasteiger partial charge in [-0.3, -0.25) is 9.59 Å². The average molecular weight is 431 g/mol. The SMILES string of the molecule is CNC(=O)c1ccc(Cl)cc1NC(=O)CCc1ccc(OC2CCCC2)c(OC)c1. The zero-order chi connectivity index (χ0) is 21.5. The van der Waals surface area contributed by atoms with E-state index in [0.717, 1.165) is 24.2 Å². The van der Waals surface area contributed by atoms with Crippen LogP contribution in [0.25, 0.3) is 0 Å². The quantitative estimate of drug-likeness (QED) is 0.641. The van der Waals surface area contributed by atoms with Gasteiger partial charge in [0.15, 0.2) is 11.5 Å². The minimum absolute atomic E-state index is 0.201. The highest BCUT2D eigenvalue weighted by molar-refractivity contribution is 6.31. The maximum atomic E-state index is 12.5. The van der Waals surface area contributed by atoms with Crippen LogP contribution in [0.1, 0.15) is 48.0 Å². The van der Waals surface area contributed by atoms with Gasteiger partial charge in [0.05, 0.1) is 24.5 Å². The molecule has 1 aliphatic carbocycles. The third kappa shape index (κ3) is 5.66. The summed E-state index contributed by atoms with van der Waals surface area (Å²) in [7, 11) is 3.16. The van der Waals surface area contributed by atoms with Crippen LogP contribution in [-0.2, 0) is 11.2 Å². The van der Waals surface area contributed by atoms with Crippen LogP contribution in [0.4, 0.5) is 5.69 Å². The first-order chi connectivity index (χ1) is 14.5. The van der Waals surface area contributed by atoms with Gasteiger partial charge in [-0.1, -0.05) is 17.7 Å². The van der Waals surface area contributed by atoms with Crippen molar-refractivity contribution in [2.75, 3.05) is 19.5 Å². The topological polar surface area (TPSA) is 76.7 Å². The van der Waals surface area contributed by atoms with Crippen molar-refractivity contribution in [2.45, 2.75) is 44.6 Å². The highest BCUT2D eigenvalue weighted by Crippen LogP contribution is 2.32. The molecular formula is C23H27ClN2O4. The summed E-state index contributed by atoms with van der Waals surface area (Å²) in [6.07, 6.45) is 5.60. The van der Waals surface area contributed by atoms with Gasteiger partial charge in [-0.25, -0.2) is 0 Å². The van der Waals surface area contributed by atoms with Gasteiger partial charge in [0.25, 0.3) is 5.91 Å². The molecule has 160 valence electrons. The number of amides is 2. The van der Waals surface area contributed by atoms with Crippen LogP contribution < -0.4 is 20.1 Å². The van der Waals surface area contributed by atoms with Crippen LogP contribution in [0.5, 0.6) is 11.5 Å². The fourth-order valence-electron chi connectivity index (χ4n) is 3.57. The van der Waals surface area contributed by atoms with Crippen molar-refractivity contribution in [3.63, 3.8) is 0 Å². The van der Waals surface area contributed by atoms with E-state index in [1.165, 1.54) is 19.9 Å². The van der Waals surface area contributed by atoms with E-state index >= 15 is 0 Å². The summed E-state index contributed by atoms with van der Waals surface area (Å²) in [5.74, 6) is 0.931. The molecular weight excluding hydrogens is 404 g/mol. The molecule has 0 heterocycles. The molecule has 0 unspecified atom stereocenters. The van der Waals surface area contributed by atoms with E-state index in [9.17, 15) is 9.59 Å². The number of nitrogens with one attached hydrogen (secondary N) is 2. The smallest absolute Gasteiger partial charge is 0.253 e. The first kappa shape index (κ1) is 22.0. The predicted octanol–water partition coefficient (Wildman–Crippen LogP) is 4.60. The van der Waals surface area contributed by atoms with Crippen molar-refractivity contribution in [1.82, 2.24) is 5.32 Å². The fraction of sp³-hybridized carbons (Fsp3) is 0.391. The van der Waals surface area contributed by atoms with Gasteiger partial charge in [-0.05, 0) is 68.0 Å². The molecule has 7 heteroatoms. The highest BCUT2D eigenvalue weighted by Gasteiger charge is 2.19. The Morgan fingerprint density at radius 3 is 2.57 bits per heavy atom. The zero-order valence-corrected chi connectivity index (χ0v) is 18.1. The van der Waals surface area contributed by atoms with E-state index in [2.05, 4.69) is 10.6 Å². The van der Waals surface area contributed by atoms with Crippen molar-refractivity contribution in [2.24, 2.45) is 0 Å². The number of halogens is 1. The lowest BCUT2D eigenvalue weighted by Gasteiger charge is -2.16. The van der Waals surface area contributed by atoms with E-state index in [1.807, 2.05) is 18.2 Å². The second-order valence-electron chi connectivity index (χ2n) is 7.33. The Labute approximate surface area is 181 Å². The molecule has 1 aliphatic rings. The largest absolute Gasteiger partial charge is 0.493 e. The predicted molar refractivity (Wildman–Crippen MR) is 118 cm³/mol. The van der Waals surface area contributed by atoms with E-state index in [4.69, 9.17) is 21.1 Å². The summed E-state index contributed by atoms with van der Waals surface area (Å²) in [6, 6.07) is 10.5. The van der Waals surface area contributed by atoms with Crippen molar-refractivity contribution in [1.29, 1.82) is 0 Å². The molecule has 1 fully saturated rings. The fourth-order valence-corrected chi connectivity index (χ4v) is 3.75. The molecule has 0 spiro atoms. The molecule has 3 rings (SSSR count). The summed E-state index contributed by atoms with van der Waals surface area (Å²) >= 11 is 6.02. The number of carbonyl (C=O) groups is 2. The maximum absolute atomic E-state index is 12.5. The van der Waals surface area contributed by atoms with Crippen LogP contribution in [-0.4, -0.2) is 32.1 Å². The lowest BCUT2D eigenvalue weighted by atomic mass is 10.1. The molecule has 0 atom stereocenters. The number of carbonyl (C=O) groups excluding carboxylic acids is 2. The first-order valence-corrected chi connectivity index (χ1v) is 10.5. The minimum atomic E-state index is -0.287. The van der Waals surface area contributed by atoms with Crippen LogP contribution in [0.3, 0.4) is 0 Å². The summed E-state index contributed by atoms with van der Waals surface area (Å²) in [5.41, 5.74) is 1.73. The van der Waals surface area contributed by atoms with E-state index in [-0.39, 0.29) is 24.3 Å². The number of hydrogen-bond acceptors (Lipinski definition) is 4. The third-order valence-electron chi connectivity index (χ3n) is 5.19. The summed E-state index contributed by atoms with van der Waals surface area (Å²) < 4.78 is 11.5. The monoisotopic (exact) mass is 430 g/mol. The van der Waals surface area contributed by atoms with Gasteiger partial charge in [0.2, 0.25) is 5.91 Å². The van der Waals surface area contributed by atoms with Gasteiger partial charge >= 0.3 is 0 Å². The Morgan fingerprint density at radius 2 is 1.87 bits per heavy atom. The Kier molecular flexibility index (Phi) is 7.57. The van der Waals surface area contributed by atoms with Crippen molar-refractivity contribution >= 4 is 29.1 Å². The van der Waals surface area contributed by atoms with Gasteiger partial charge in [-0.15, -0.1) is 0 Å². The lowest BCUT2D eigenvalue weighted by Crippen LogP contribution is -2.21. The first-order valence-electron chi connectivity index (χ1n) is 10.1. The minimum Gasteiger partial charge on any atom is -0.493 e. The zero-order valence-electron chi connectivity index (χ0n) is 17.3. The maximum Gasteiger partial charge on any atom is 0.253 e. The molecule has 2 aromatic carbocycles. The van der Waals surface area contributed by atoms with E-state index in [0.29, 0.717) is 28.4 Å². The van der Waals surface area contributed by atoms with E-state index in [1.54, 1.807) is 25.3 Å². The molecule has 0 aromatic heterocycles. The number of ether oxygens (including phenoxy) is 2. The average Bonchev–Trinajstić information content (AvgIpc) is 3.25. The lowest BCUT2D eigenvalue weighted by molar-refractivity contribution is -0.116. The van der Waals surface area contributed by atoms with Gasteiger partial charge in [-0.2, -0.15) is 0 Å². The molecule has 0 saturated heterocycles. The normalized spacial score (nSPS) is 13.7. The number of hydrogen-bond donors (Lipinski definition) is 2. The molecule has 0 radical (unpaired) electrons. The number of benzene rings is 2. The Balaban J connectivity index is 1.62. The number of methoxy groups -OCH3 is 1. The van der Waals surface area contributed by atoms with Crippen LogP contribution in [0.2, 0.25) is 5.02 Å². The number of rotatable bonds is 8.